The van der Waals surface area contributed by atoms with E-state index in [-0.39, 0.29) is 5.54 Å². The molecule has 1 heterocycles. The van der Waals surface area contributed by atoms with Gasteiger partial charge in [-0.25, -0.2) is 0 Å². The van der Waals surface area contributed by atoms with E-state index >= 15 is 0 Å². The van der Waals surface area contributed by atoms with Gasteiger partial charge in [-0.2, -0.15) is 0 Å². The number of hydrogen-bond acceptors (Lipinski definition) is 2. The van der Waals surface area contributed by atoms with Crippen molar-refractivity contribution in [1.29, 1.82) is 0 Å². The van der Waals surface area contributed by atoms with E-state index in [2.05, 4.69) is 11.5 Å². The van der Waals surface area contributed by atoms with Crippen molar-refractivity contribution in [3.8, 4) is 0 Å². The maximum atomic E-state index is 6.05. The third-order valence-electron chi connectivity index (χ3n) is 3.38. The molecular weight excluding hydrogens is 160 g/mol. The van der Waals surface area contributed by atoms with Crippen LogP contribution in [-0.4, -0.2) is 30.1 Å². The quantitative estimate of drug-likeness (QED) is 0.667. The number of nitrogens with zero attached hydrogens (tertiary/aromatic N) is 1. The molecular formula is C11H20N2. The van der Waals surface area contributed by atoms with Crippen molar-refractivity contribution in [1.82, 2.24) is 4.90 Å². The fraction of sp³-hybridized carbons (Fsp3) is 0.818. The van der Waals surface area contributed by atoms with E-state index in [1.807, 2.05) is 0 Å². The van der Waals surface area contributed by atoms with Crippen molar-refractivity contribution in [2.24, 2.45) is 5.73 Å². The van der Waals surface area contributed by atoms with Gasteiger partial charge in [-0.15, -0.1) is 0 Å². The molecule has 2 heteroatoms. The summed E-state index contributed by atoms with van der Waals surface area (Å²) in [4.78, 5) is 2.53. The zero-order chi connectivity index (χ0) is 9.31. The van der Waals surface area contributed by atoms with Crippen LogP contribution in [0.2, 0.25) is 0 Å². The minimum absolute atomic E-state index is 0.231. The van der Waals surface area contributed by atoms with Crippen molar-refractivity contribution >= 4 is 0 Å². The van der Waals surface area contributed by atoms with Gasteiger partial charge in [0, 0.05) is 18.6 Å². The Balaban J connectivity index is 1.67. The summed E-state index contributed by atoms with van der Waals surface area (Å²) in [6.07, 6.45) is 6.07. The second kappa shape index (κ2) is 3.43. The van der Waals surface area contributed by atoms with Gasteiger partial charge in [-0.1, -0.05) is 12.2 Å². The Hall–Kier alpha value is -0.340. The molecule has 1 aliphatic heterocycles. The van der Waals surface area contributed by atoms with E-state index in [0.29, 0.717) is 0 Å². The molecule has 0 atom stereocenters. The Bertz CT molecular complexity index is 196. The summed E-state index contributed by atoms with van der Waals surface area (Å²) in [6.45, 7) is 7.62. The first-order valence-corrected chi connectivity index (χ1v) is 5.36. The van der Waals surface area contributed by atoms with Crippen molar-refractivity contribution < 1.29 is 0 Å². The van der Waals surface area contributed by atoms with Crippen LogP contribution in [0.3, 0.4) is 0 Å². The Morgan fingerprint density at radius 3 is 2.46 bits per heavy atom. The molecule has 0 bridgehead atoms. The Morgan fingerprint density at radius 2 is 1.92 bits per heavy atom. The van der Waals surface area contributed by atoms with Crippen molar-refractivity contribution in [3.63, 3.8) is 0 Å². The highest BCUT2D eigenvalue weighted by molar-refractivity contribution is 5.01. The van der Waals surface area contributed by atoms with E-state index in [1.54, 1.807) is 0 Å². The Kier molecular flexibility index (Phi) is 2.43. The zero-order valence-corrected chi connectivity index (χ0v) is 8.39. The maximum Gasteiger partial charge on any atom is 0.0167 e. The maximum absolute atomic E-state index is 6.05. The molecule has 1 saturated heterocycles. The molecule has 74 valence electrons. The van der Waals surface area contributed by atoms with Crippen molar-refractivity contribution in [2.75, 3.05) is 19.6 Å². The summed E-state index contributed by atoms with van der Waals surface area (Å²) in [6, 6.07) is 0. The number of nitrogens with two attached hydrogens (primary N) is 1. The predicted molar refractivity (Wildman–Crippen MR) is 55.6 cm³/mol. The number of piperidine rings is 1. The average molecular weight is 180 g/mol. The molecule has 2 aliphatic rings. The lowest BCUT2D eigenvalue weighted by Gasteiger charge is -2.28. The smallest absolute Gasteiger partial charge is 0.0167 e. The monoisotopic (exact) mass is 180 g/mol. The SMILES string of the molecule is C=C1CCN(CCC2(N)CC2)CC1. The highest BCUT2D eigenvalue weighted by Gasteiger charge is 2.37. The number of likely N-dealkylation sites (tertiary alicyclic amines) is 1. The molecule has 2 N–H and O–H groups in total. The standard InChI is InChI=1S/C11H20N2/c1-10-2-7-13(8-3-10)9-6-11(12)4-5-11/h1-9,12H2. The summed E-state index contributed by atoms with van der Waals surface area (Å²) >= 11 is 0. The third-order valence-corrected chi connectivity index (χ3v) is 3.38. The molecule has 0 amide bonds. The molecule has 1 saturated carbocycles. The summed E-state index contributed by atoms with van der Waals surface area (Å²) in [7, 11) is 0. The number of rotatable bonds is 3. The Morgan fingerprint density at radius 1 is 1.31 bits per heavy atom. The van der Waals surface area contributed by atoms with Gasteiger partial charge in [-0.05, 0) is 38.6 Å². The highest BCUT2D eigenvalue weighted by Crippen LogP contribution is 2.35. The van der Waals surface area contributed by atoms with Gasteiger partial charge in [0.25, 0.3) is 0 Å². The van der Waals surface area contributed by atoms with Crippen LogP contribution in [0.5, 0.6) is 0 Å². The highest BCUT2D eigenvalue weighted by atomic mass is 15.1. The van der Waals surface area contributed by atoms with E-state index in [1.165, 1.54) is 57.3 Å². The molecule has 2 fully saturated rings. The average Bonchev–Trinajstić information content (AvgIpc) is 2.84. The van der Waals surface area contributed by atoms with Gasteiger partial charge >= 0.3 is 0 Å². The molecule has 2 rings (SSSR count). The normalized spacial score (nSPS) is 27.6. The van der Waals surface area contributed by atoms with Crippen LogP contribution in [0.4, 0.5) is 0 Å². The topological polar surface area (TPSA) is 29.3 Å². The van der Waals surface area contributed by atoms with Crippen LogP contribution in [0, 0.1) is 0 Å². The van der Waals surface area contributed by atoms with Gasteiger partial charge in [0.05, 0.1) is 0 Å². The minimum Gasteiger partial charge on any atom is -0.325 e. The van der Waals surface area contributed by atoms with Gasteiger partial charge in [-0.3, -0.25) is 0 Å². The molecule has 13 heavy (non-hydrogen) atoms. The van der Waals surface area contributed by atoms with Crippen LogP contribution in [0.15, 0.2) is 12.2 Å². The molecule has 0 aromatic carbocycles. The second-order valence-corrected chi connectivity index (χ2v) is 4.70. The van der Waals surface area contributed by atoms with Crippen molar-refractivity contribution in [3.05, 3.63) is 12.2 Å². The van der Waals surface area contributed by atoms with E-state index in [0.717, 1.165) is 0 Å². The van der Waals surface area contributed by atoms with Gasteiger partial charge < -0.3 is 10.6 Å². The first kappa shape index (κ1) is 9.22. The molecule has 0 radical (unpaired) electrons. The molecule has 0 spiro atoms. The fourth-order valence-corrected chi connectivity index (χ4v) is 1.88. The largest absolute Gasteiger partial charge is 0.325 e. The third kappa shape index (κ3) is 2.55. The fourth-order valence-electron chi connectivity index (χ4n) is 1.88. The molecule has 1 aliphatic carbocycles. The van der Waals surface area contributed by atoms with E-state index < -0.39 is 0 Å². The Labute approximate surface area is 80.8 Å². The lowest BCUT2D eigenvalue weighted by Crippen LogP contribution is -2.35. The zero-order valence-electron chi connectivity index (χ0n) is 8.39. The van der Waals surface area contributed by atoms with Crippen molar-refractivity contribution in [2.45, 2.75) is 37.6 Å². The lowest BCUT2D eigenvalue weighted by atomic mass is 10.1. The van der Waals surface area contributed by atoms with Crippen LogP contribution >= 0.6 is 0 Å². The van der Waals surface area contributed by atoms with E-state index in [9.17, 15) is 0 Å². The van der Waals surface area contributed by atoms with Gasteiger partial charge in [0.2, 0.25) is 0 Å². The predicted octanol–water partition coefficient (Wildman–Crippen LogP) is 1.52. The molecule has 2 nitrogen and oxygen atoms in total. The van der Waals surface area contributed by atoms with Gasteiger partial charge in [0.15, 0.2) is 0 Å². The molecule has 0 aromatic rings. The summed E-state index contributed by atoms with van der Waals surface area (Å²) in [5.41, 5.74) is 7.70. The second-order valence-electron chi connectivity index (χ2n) is 4.70. The first-order chi connectivity index (χ1) is 6.18. The molecule has 0 aromatic heterocycles. The van der Waals surface area contributed by atoms with Crippen LogP contribution in [0.1, 0.15) is 32.1 Å². The van der Waals surface area contributed by atoms with Gasteiger partial charge in [0.1, 0.15) is 0 Å². The lowest BCUT2D eigenvalue weighted by molar-refractivity contribution is 0.245. The number of hydrogen-bond donors (Lipinski definition) is 1. The molecule has 0 unspecified atom stereocenters. The van der Waals surface area contributed by atoms with E-state index in [4.69, 9.17) is 5.73 Å². The van der Waals surface area contributed by atoms with Crippen LogP contribution in [0.25, 0.3) is 0 Å². The summed E-state index contributed by atoms with van der Waals surface area (Å²) < 4.78 is 0. The minimum atomic E-state index is 0.231. The summed E-state index contributed by atoms with van der Waals surface area (Å²) in [5.74, 6) is 0. The van der Waals surface area contributed by atoms with Crippen LogP contribution < -0.4 is 5.73 Å². The van der Waals surface area contributed by atoms with Crippen LogP contribution in [-0.2, 0) is 0 Å². The summed E-state index contributed by atoms with van der Waals surface area (Å²) in [5, 5.41) is 0. The first-order valence-electron chi connectivity index (χ1n) is 5.36.